The summed E-state index contributed by atoms with van der Waals surface area (Å²) in [5.74, 6) is 2.10. The molecule has 1 unspecified atom stereocenters. The Morgan fingerprint density at radius 2 is 1.92 bits per heavy atom. The van der Waals surface area contributed by atoms with Gasteiger partial charge >= 0.3 is 0 Å². The monoisotopic (exact) mass is 323 g/mol. The molecule has 0 saturated carbocycles. The number of hydrogen-bond donors (Lipinski definition) is 0. The molecule has 0 fully saturated rings. The lowest BCUT2D eigenvalue weighted by molar-refractivity contribution is -0.118. The highest BCUT2D eigenvalue weighted by Gasteiger charge is 2.26. The van der Waals surface area contributed by atoms with Gasteiger partial charge in [0.15, 0.2) is 11.5 Å². The number of rotatable bonds is 2. The minimum absolute atomic E-state index is 0.130. The van der Waals surface area contributed by atoms with E-state index in [9.17, 15) is 4.79 Å². The van der Waals surface area contributed by atoms with Crippen molar-refractivity contribution in [1.82, 2.24) is 0 Å². The summed E-state index contributed by atoms with van der Waals surface area (Å²) >= 11 is 0. The minimum atomic E-state index is 0.130. The third-order valence-corrected chi connectivity index (χ3v) is 4.61. The maximum absolute atomic E-state index is 12.9. The lowest BCUT2D eigenvalue weighted by atomic mass is 9.93. The van der Waals surface area contributed by atoms with E-state index in [2.05, 4.69) is 13.0 Å². The number of fused-ring (bicyclic) bond motifs is 2. The molecule has 2 aliphatic rings. The Bertz CT molecular complexity index is 771. The Kier molecular flexibility index (Phi) is 3.89. The van der Waals surface area contributed by atoms with Gasteiger partial charge in [0.2, 0.25) is 5.91 Å². The molecule has 0 radical (unpaired) electrons. The van der Waals surface area contributed by atoms with Gasteiger partial charge in [0.1, 0.15) is 13.2 Å². The molecule has 0 spiro atoms. The van der Waals surface area contributed by atoms with Crippen LogP contribution in [0.25, 0.3) is 0 Å². The van der Waals surface area contributed by atoms with Crippen molar-refractivity contribution in [1.29, 1.82) is 0 Å². The van der Waals surface area contributed by atoms with E-state index in [1.165, 1.54) is 5.56 Å². The van der Waals surface area contributed by atoms with E-state index < -0.39 is 0 Å². The van der Waals surface area contributed by atoms with Gasteiger partial charge in [-0.1, -0.05) is 31.2 Å². The first-order valence-corrected chi connectivity index (χ1v) is 8.47. The summed E-state index contributed by atoms with van der Waals surface area (Å²) in [6, 6.07) is 14.0. The van der Waals surface area contributed by atoms with Crippen LogP contribution in [-0.4, -0.2) is 25.7 Å². The molecule has 4 nitrogen and oxygen atoms in total. The highest BCUT2D eigenvalue weighted by molar-refractivity contribution is 5.96. The number of carbonyl (C=O) groups excluding carboxylic acids is 1. The van der Waals surface area contributed by atoms with E-state index in [1.54, 1.807) is 0 Å². The molecule has 2 heterocycles. The number of amides is 1. The highest BCUT2D eigenvalue weighted by atomic mass is 16.6. The number of benzene rings is 2. The second-order valence-electron chi connectivity index (χ2n) is 6.60. The molecule has 1 atom stereocenters. The average Bonchev–Trinajstić information content (AvgIpc) is 2.60. The van der Waals surface area contributed by atoms with E-state index in [0.717, 1.165) is 35.7 Å². The van der Waals surface area contributed by atoms with Crippen molar-refractivity contribution < 1.29 is 14.3 Å². The second kappa shape index (κ2) is 6.19. The Balaban J connectivity index is 1.56. The lowest BCUT2D eigenvalue weighted by Gasteiger charge is -2.33. The quantitative estimate of drug-likeness (QED) is 0.852. The normalized spacial score (nSPS) is 18.9. The van der Waals surface area contributed by atoms with Gasteiger partial charge in [-0.15, -0.1) is 0 Å². The third kappa shape index (κ3) is 2.84. The largest absolute Gasteiger partial charge is 0.486 e. The fourth-order valence-corrected chi connectivity index (χ4v) is 3.50. The van der Waals surface area contributed by atoms with Gasteiger partial charge in [-0.2, -0.15) is 0 Å². The third-order valence-electron chi connectivity index (χ3n) is 4.61. The summed E-state index contributed by atoms with van der Waals surface area (Å²) < 4.78 is 11.2. The maximum atomic E-state index is 12.9. The van der Waals surface area contributed by atoms with Gasteiger partial charge in [-0.3, -0.25) is 4.79 Å². The van der Waals surface area contributed by atoms with Crippen LogP contribution in [0.15, 0.2) is 42.5 Å². The average molecular weight is 323 g/mol. The van der Waals surface area contributed by atoms with Crippen molar-refractivity contribution in [3.05, 3.63) is 53.6 Å². The first-order chi connectivity index (χ1) is 11.7. The molecule has 124 valence electrons. The molecule has 2 aliphatic heterocycles. The van der Waals surface area contributed by atoms with Crippen LogP contribution >= 0.6 is 0 Å². The number of ether oxygens (including phenoxy) is 2. The molecule has 1 amide bonds. The van der Waals surface area contributed by atoms with Gasteiger partial charge in [0.25, 0.3) is 0 Å². The zero-order valence-electron chi connectivity index (χ0n) is 13.8. The highest BCUT2D eigenvalue weighted by Crippen LogP contribution is 2.32. The molecule has 0 saturated heterocycles. The van der Waals surface area contributed by atoms with E-state index >= 15 is 0 Å². The van der Waals surface area contributed by atoms with Gasteiger partial charge in [-0.05, 0) is 41.7 Å². The molecule has 4 heteroatoms. The van der Waals surface area contributed by atoms with E-state index in [-0.39, 0.29) is 5.91 Å². The molecule has 0 aromatic heterocycles. The van der Waals surface area contributed by atoms with Crippen molar-refractivity contribution in [3.63, 3.8) is 0 Å². The van der Waals surface area contributed by atoms with Crippen LogP contribution in [0.5, 0.6) is 11.5 Å². The molecular formula is C20H21NO3. The van der Waals surface area contributed by atoms with Crippen LogP contribution in [-0.2, 0) is 17.6 Å². The summed E-state index contributed by atoms with van der Waals surface area (Å²) in [5.41, 5.74) is 3.27. The predicted molar refractivity (Wildman–Crippen MR) is 92.8 cm³/mol. The second-order valence-corrected chi connectivity index (χ2v) is 6.60. The topological polar surface area (TPSA) is 38.8 Å². The SMILES string of the molecule is CC1Cc2ccccc2N(C(=O)Cc2ccc3c(c2)OCCO3)C1. The molecular weight excluding hydrogens is 302 g/mol. The molecule has 0 N–H and O–H groups in total. The molecule has 2 aromatic carbocycles. The fraction of sp³-hybridized carbons (Fsp3) is 0.350. The number of nitrogens with zero attached hydrogens (tertiary/aromatic N) is 1. The number of anilines is 1. The smallest absolute Gasteiger partial charge is 0.231 e. The Hall–Kier alpha value is -2.49. The predicted octanol–water partition coefficient (Wildman–Crippen LogP) is 3.23. The summed E-state index contributed by atoms with van der Waals surface area (Å²) in [7, 11) is 0. The fourth-order valence-electron chi connectivity index (χ4n) is 3.50. The Morgan fingerprint density at radius 1 is 1.12 bits per heavy atom. The number of para-hydroxylation sites is 1. The standard InChI is InChI=1S/C20H21NO3/c1-14-10-16-4-2-3-5-17(16)21(13-14)20(22)12-15-6-7-18-19(11-15)24-9-8-23-18/h2-7,11,14H,8-10,12-13H2,1H3. The summed E-state index contributed by atoms with van der Waals surface area (Å²) in [6.45, 7) is 4.11. The maximum Gasteiger partial charge on any atom is 0.231 e. The van der Waals surface area contributed by atoms with Gasteiger partial charge in [-0.25, -0.2) is 0 Å². The van der Waals surface area contributed by atoms with Crippen LogP contribution < -0.4 is 14.4 Å². The first kappa shape index (κ1) is 15.1. The Morgan fingerprint density at radius 3 is 2.79 bits per heavy atom. The van der Waals surface area contributed by atoms with Crippen LogP contribution in [0, 0.1) is 5.92 Å². The molecule has 24 heavy (non-hydrogen) atoms. The lowest BCUT2D eigenvalue weighted by Crippen LogP contribution is -2.40. The van der Waals surface area contributed by atoms with Crippen LogP contribution in [0.2, 0.25) is 0 Å². The van der Waals surface area contributed by atoms with Crippen molar-refractivity contribution in [2.24, 2.45) is 5.92 Å². The van der Waals surface area contributed by atoms with Crippen LogP contribution in [0.3, 0.4) is 0 Å². The van der Waals surface area contributed by atoms with Gasteiger partial charge in [0, 0.05) is 12.2 Å². The van der Waals surface area contributed by atoms with Gasteiger partial charge in [0.05, 0.1) is 6.42 Å². The van der Waals surface area contributed by atoms with E-state index in [4.69, 9.17) is 9.47 Å². The van der Waals surface area contributed by atoms with Crippen molar-refractivity contribution in [3.8, 4) is 11.5 Å². The van der Waals surface area contributed by atoms with Crippen molar-refractivity contribution in [2.75, 3.05) is 24.7 Å². The zero-order chi connectivity index (χ0) is 16.5. The number of carbonyl (C=O) groups is 1. The summed E-state index contributed by atoms with van der Waals surface area (Å²) in [4.78, 5) is 14.8. The molecule has 0 bridgehead atoms. The number of hydrogen-bond acceptors (Lipinski definition) is 3. The zero-order valence-corrected chi connectivity index (χ0v) is 13.8. The van der Waals surface area contributed by atoms with E-state index in [1.807, 2.05) is 41.3 Å². The first-order valence-electron chi connectivity index (χ1n) is 8.47. The molecule has 0 aliphatic carbocycles. The van der Waals surface area contributed by atoms with E-state index in [0.29, 0.717) is 25.6 Å². The van der Waals surface area contributed by atoms with Gasteiger partial charge < -0.3 is 14.4 Å². The molecule has 2 aromatic rings. The Labute approximate surface area is 142 Å². The molecule has 4 rings (SSSR count). The van der Waals surface area contributed by atoms with Crippen LogP contribution in [0.1, 0.15) is 18.1 Å². The summed E-state index contributed by atoms with van der Waals surface area (Å²) in [6.07, 6.45) is 1.40. The van der Waals surface area contributed by atoms with Crippen LogP contribution in [0.4, 0.5) is 5.69 Å². The summed E-state index contributed by atoms with van der Waals surface area (Å²) in [5, 5.41) is 0. The van der Waals surface area contributed by atoms with Crippen molar-refractivity contribution >= 4 is 11.6 Å². The van der Waals surface area contributed by atoms with Crippen molar-refractivity contribution in [2.45, 2.75) is 19.8 Å². The minimum Gasteiger partial charge on any atom is -0.486 e.